The third-order valence-corrected chi connectivity index (χ3v) is 3.39. The zero-order chi connectivity index (χ0) is 15.2. The Balaban J connectivity index is 1.82. The second-order valence-electron chi connectivity index (χ2n) is 5.12. The molecule has 0 saturated heterocycles. The second kappa shape index (κ2) is 6.92. The second-order valence-corrected chi connectivity index (χ2v) is 5.12. The Bertz CT molecular complexity index is 590. The minimum atomic E-state index is 0.134. The van der Waals surface area contributed by atoms with Gasteiger partial charge in [0, 0.05) is 38.8 Å². The fourth-order valence-electron chi connectivity index (χ4n) is 2.15. The van der Waals surface area contributed by atoms with Crippen LogP contribution in [-0.4, -0.2) is 34.7 Å². The average molecular weight is 287 g/mol. The Labute approximate surface area is 125 Å². The number of carbonyl (C=O) groups excluding carboxylic acids is 1. The summed E-state index contributed by atoms with van der Waals surface area (Å²) in [6, 6.07) is 7.82. The van der Waals surface area contributed by atoms with E-state index in [-0.39, 0.29) is 5.91 Å². The van der Waals surface area contributed by atoms with Crippen molar-refractivity contribution in [1.29, 1.82) is 0 Å². The molecule has 1 aromatic carbocycles. The molecule has 5 heteroatoms. The predicted molar refractivity (Wildman–Crippen MR) is 81.0 cm³/mol. The summed E-state index contributed by atoms with van der Waals surface area (Å²) < 4.78 is 6.86. The lowest BCUT2D eigenvalue weighted by atomic mass is 10.1. The molecule has 0 fully saturated rings. The summed E-state index contributed by atoms with van der Waals surface area (Å²) in [6.45, 7) is 0.593. The maximum atomic E-state index is 12.1. The molecule has 1 amide bonds. The van der Waals surface area contributed by atoms with Crippen LogP contribution < -0.4 is 4.74 Å². The van der Waals surface area contributed by atoms with Crippen LogP contribution in [0.3, 0.4) is 0 Å². The molecule has 0 atom stereocenters. The van der Waals surface area contributed by atoms with E-state index in [1.54, 1.807) is 22.9 Å². The van der Waals surface area contributed by atoms with Crippen molar-refractivity contribution in [3.05, 3.63) is 47.8 Å². The Kier molecular flexibility index (Phi) is 4.98. The maximum Gasteiger partial charge on any atom is 0.222 e. The minimum absolute atomic E-state index is 0.134. The normalized spacial score (nSPS) is 10.4. The molecule has 0 aliphatic heterocycles. The van der Waals surface area contributed by atoms with Crippen molar-refractivity contribution in [1.82, 2.24) is 14.7 Å². The number of carbonyl (C=O) groups is 1. The summed E-state index contributed by atoms with van der Waals surface area (Å²) in [4.78, 5) is 13.9. The van der Waals surface area contributed by atoms with Crippen molar-refractivity contribution in [2.75, 3.05) is 14.2 Å². The summed E-state index contributed by atoms with van der Waals surface area (Å²) in [6.07, 6.45) is 4.95. The highest BCUT2D eigenvalue weighted by Gasteiger charge is 2.10. The van der Waals surface area contributed by atoms with Crippen LogP contribution in [0.4, 0.5) is 0 Å². The van der Waals surface area contributed by atoms with Gasteiger partial charge in [-0.25, -0.2) is 0 Å². The predicted octanol–water partition coefficient (Wildman–Crippen LogP) is 2.02. The van der Waals surface area contributed by atoms with E-state index >= 15 is 0 Å². The lowest BCUT2D eigenvalue weighted by Crippen LogP contribution is -2.26. The molecule has 0 aliphatic rings. The summed E-state index contributed by atoms with van der Waals surface area (Å²) >= 11 is 0. The molecule has 2 rings (SSSR count). The zero-order valence-corrected chi connectivity index (χ0v) is 12.7. The molecule has 0 bridgehead atoms. The van der Waals surface area contributed by atoms with Crippen molar-refractivity contribution in [2.45, 2.75) is 19.4 Å². The Morgan fingerprint density at radius 3 is 2.57 bits per heavy atom. The molecule has 5 nitrogen and oxygen atoms in total. The summed E-state index contributed by atoms with van der Waals surface area (Å²) in [5.41, 5.74) is 2.18. The minimum Gasteiger partial charge on any atom is -0.497 e. The lowest BCUT2D eigenvalue weighted by Gasteiger charge is -2.16. The van der Waals surface area contributed by atoms with E-state index in [9.17, 15) is 4.79 Å². The van der Waals surface area contributed by atoms with E-state index in [1.165, 1.54) is 0 Å². The smallest absolute Gasteiger partial charge is 0.222 e. The largest absolute Gasteiger partial charge is 0.497 e. The van der Waals surface area contributed by atoms with E-state index in [0.29, 0.717) is 13.0 Å². The van der Waals surface area contributed by atoms with Gasteiger partial charge in [0.25, 0.3) is 0 Å². The quantitative estimate of drug-likeness (QED) is 0.816. The SMILES string of the molecule is COc1ccc(CCC(=O)N(C)Cc2cnn(C)c2)cc1. The van der Waals surface area contributed by atoms with Gasteiger partial charge in [0.2, 0.25) is 5.91 Å². The molecular formula is C16H21N3O2. The van der Waals surface area contributed by atoms with Crippen LogP contribution in [0.15, 0.2) is 36.7 Å². The summed E-state index contributed by atoms with van der Waals surface area (Å²) in [7, 11) is 5.34. The third-order valence-electron chi connectivity index (χ3n) is 3.39. The van der Waals surface area contributed by atoms with Crippen LogP contribution in [0.1, 0.15) is 17.5 Å². The van der Waals surface area contributed by atoms with Crippen LogP contribution in [-0.2, 0) is 24.8 Å². The van der Waals surface area contributed by atoms with Crippen LogP contribution in [0.5, 0.6) is 5.75 Å². The Morgan fingerprint density at radius 2 is 2.00 bits per heavy atom. The molecule has 1 aromatic heterocycles. The van der Waals surface area contributed by atoms with Crippen molar-refractivity contribution < 1.29 is 9.53 Å². The first kappa shape index (κ1) is 15.1. The summed E-state index contributed by atoms with van der Waals surface area (Å²) in [5.74, 6) is 0.966. The van der Waals surface area contributed by atoms with Crippen molar-refractivity contribution in [3.63, 3.8) is 0 Å². The molecule has 112 valence electrons. The highest BCUT2D eigenvalue weighted by atomic mass is 16.5. The van der Waals surface area contributed by atoms with Crippen LogP contribution in [0.25, 0.3) is 0 Å². The number of amides is 1. The number of nitrogens with zero attached hydrogens (tertiary/aromatic N) is 3. The highest BCUT2D eigenvalue weighted by Crippen LogP contribution is 2.13. The number of ether oxygens (including phenoxy) is 1. The van der Waals surface area contributed by atoms with E-state index < -0.39 is 0 Å². The molecule has 0 N–H and O–H groups in total. The number of methoxy groups -OCH3 is 1. The molecule has 0 saturated carbocycles. The van der Waals surface area contributed by atoms with Gasteiger partial charge in [-0.15, -0.1) is 0 Å². The standard InChI is InChI=1S/C16H21N3O2/c1-18(11-14-10-17-19(2)12-14)16(20)9-6-13-4-7-15(21-3)8-5-13/h4-5,7-8,10,12H,6,9,11H2,1-3H3. The van der Waals surface area contributed by atoms with Crippen LogP contribution in [0, 0.1) is 0 Å². The number of rotatable bonds is 6. The Hall–Kier alpha value is -2.30. The number of aryl methyl sites for hydroxylation is 2. The van der Waals surface area contributed by atoms with Crippen molar-refractivity contribution >= 4 is 5.91 Å². The molecule has 1 heterocycles. The van der Waals surface area contributed by atoms with Crippen molar-refractivity contribution in [3.8, 4) is 5.75 Å². The first-order chi connectivity index (χ1) is 10.1. The van der Waals surface area contributed by atoms with Gasteiger partial charge >= 0.3 is 0 Å². The summed E-state index contributed by atoms with van der Waals surface area (Å²) in [5, 5.41) is 4.11. The van der Waals surface area contributed by atoms with Gasteiger partial charge in [0.05, 0.1) is 13.3 Å². The van der Waals surface area contributed by atoms with Gasteiger partial charge in [-0.2, -0.15) is 5.10 Å². The fraction of sp³-hybridized carbons (Fsp3) is 0.375. The maximum absolute atomic E-state index is 12.1. The topological polar surface area (TPSA) is 47.4 Å². The average Bonchev–Trinajstić information content (AvgIpc) is 2.90. The first-order valence-electron chi connectivity index (χ1n) is 6.93. The molecule has 0 spiro atoms. The van der Waals surface area contributed by atoms with Crippen LogP contribution >= 0.6 is 0 Å². The van der Waals surface area contributed by atoms with Crippen LogP contribution in [0.2, 0.25) is 0 Å². The monoisotopic (exact) mass is 287 g/mol. The molecule has 21 heavy (non-hydrogen) atoms. The lowest BCUT2D eigenvalue weighted by molar-refractivity contribution is -0.130. The Morgan fingerprint density at radius 1 is 1.29 bits per heavy atom. The van der Waals surface area contributed by atoms with Gasteiger partial charge in [0.1, 0.15) is 5.75 Å². The number of benzene rings is 1. The zero-order valence-electron chi connectivity index (χ0n) is 12.7. The molecule has 0 aliphatic carbocycles. The number of hydrogen-bond acceptors (Lipinski definition) is 3. The van der Waals surface area contributed by atoms with Gasteiger partial charge in [-0.3, -0.25) is 9.48 Å². The number of hydrogen-bond donors (Lipinski definition) is 0. The van der Waals surface area contributed by atoms with Gasteiger partial charge < -0.3 is 9.64 Å². The molecule has 2 aromatic rings. The number of aromatic nitrogens is 2. The first-order valence-corrected chi connectivity index (χ1v) is 6.93. The molecular weight excluding hydrogens is 266 g/mol. The van der Waals surface area contributed by atoms with Gasteiger partial charge in [-0.1, -0.05) is 12.1 Å². The fourth-order valence-corrected chi connectivity index (χ4v) is 2.15. The van der Waals surface area contributed by atoms with E-state index in [1.807, 2.05) is 44.6 Å². The van der Waals surface area contributed by atoms with Gasteiger partial charge in [-0.05, 0) is 24.1 Å². The van der Waals surface area contributed by atoms with E-state index in [0.717, 1.165) is 23.3 Å². The van der Waals surface area contributed by atoms with Crippen molar-refractivity contribution in [2.24, 2.45) is 7.05 Å². The molecule has 0 radical (unpaired) electrons. The third kappa shape index (κ3) is 4.34. The van der Waals surface area contributed by atoms with E-state index in [4.69, 9.17) is 4.74 Å². The van der Waals surface area contributed by atoms with Gasteiger partial charge in [0.15, 0.2) is 0 Å². The molecule has 0 unspecified atom stereocenters. The van der Waals surface area contributed by atoms with E-state index in [2.05, 4.69) is 5.10 Å². The highest BCUT2D eigenvalue weighted by molar-refractivity contribution is 5.76.